The molecule has 0 saturated carbocycles. The van der Waals surface area contributed by atoms with Crippen molar-refractivity contribution in [1.29, 1.82) is 0 Å². The smallest absolute Gasteiger partial charge is 0.326 e. The number of pyridine rings is 1. The zero-order valence-corrected chi connectivity index (χ0v) is 19.7. The first-order valence-corrected chi connectivity index (χ1v) is 11.0. The van der Waals surface area contributed by atoms with Crippen molar-refractivity contribution < 1.29 is 22.8 Å². The predicted octanol–water partition coefficient (Wildman–Crippen LogP) is 5.42. The van der Waals surface area contributed by atoms with E-state index in [1.165, 1.54) is 12.1 Å². The summed E-state index contributed by atoms with van der Waals surface area (Å²) in [4.78, 5) is 36.7. The number of nitrogens with zero attached hydrogens (tertiary/aromatic N) is 3. The number of alkyl halides is 2. The number of nitrogens with one attached hydrogen (secondary N) is 3. The van der Waals surface area contributed by atoms with Gasteiger partial charge in [0.25, 0.3) is 5.91 Å². The van der Waals surface area contributed by atoms with Crippen molar-refractivity contribution in [3.8, 4) is 11.3 Å². The maximum Gasteiger partial charge on any atom is 0.352 e. The summed E-state index contributed by atoms with van der Waals surface area (Å²) < 4.78 is 43.9. The second-order valence-electron chi connectivity index (χ2n) is 8.06. The SMILES string of the molecule is CC(=O)Nc1ccc(F)cc1C(F)(F)C(=O)Nc1ccc(C)c(Nc2nccc(-c3cccnc3)n2)c1. The van der Waals surface area contributed by atoms with Crippen LogP contribution in [0.5, 0.6) is 0 Å². The van der Waals surface area contributed by atoms with E-state index < -0.39 is 29.1 Å². The van der Waals surface area contributed by atoms with Crippen LogP contribution in [-0.4, -0.2) is 26.8 Å². The summed E-state index contributed by atoms with van der Waals surface area (Å²) >= 11 is 0. The lowest BCUT2D eigenvalue weighted by molar-refractivity contribution is -0.140. The lowest BCUT2D eigenvalue weighted by Crippen LogP contribution is -2.33. The molecule has 0 bridgehead atoms. The van der Waals surface area contributed by atoms with Crippen molar-refractivity contribution in [1.82, 2.24) is 15.0 Å². The van der Waals surface area contributed by atoms with Crippen molar-refractivity contribution in [3.05, 3.63) is 90.1 Å². The molecule has 0 aliphatic rings. The molecular formula is C26H21F3N6O2. The predicted molar refractivity (Wildman–Crippen MR) is 133 cm³/mol. The van der Waals surface area contributed by atoms with Crippen LogP contribution in [0.3, 0.4) is 0 Å². The maximum atomic E-state index is 15.1. The Morgan fingerprint density at radius 3 is 2.49 bits per heavy atom. The fourth-order valence-corrected chi connectivity index (χ4v) is 3.46. The standard InChI is InChI=1S/C26H21F3N6O2/c1-15-5-7-19(13-23(15)35-25-31-11-9-21(34-25)17-4-3-10-30-14-17)33-24(37)26(28,29)20-12-18(27)6-8-22(20)32-16(2)36/h3-14H,1-2H3,(H,32,36)(H,33,37)(H,31,34,35). The minimum atomic E-state index is -4.15. The Hall–Kier alpha value is -4.80. The van der Waals surface area contributed by atoms with Crippen LogP contribution in [-0.2, 0) is 15.5 Å². The molecular weight excluding hydrogens is 485 g/mol. The van der Waals surface area contributed by atoms with Crippen LogP contribution in [0.15, 0.2) is 73.2 Å². The molecule has 0 spiro atoms. The van der Waals surface area contributed by atoms with E-state index in [2.05, 4.69) is 30.9 Å². The molecule has 188 valence electrons. The van der Waals surface area contributed by atoms with Crippen molar-refractivity contribution in [2.75, 3.05) is 16.0 Å². The minimum Gasteiger partial charge on any atom is -0.326 e. The number of carbonyl (C=O) groups excluding carboxylic acids is 2. The van der Waals surface area contributed by atoms with E-state index in [0.717, 1.165) is 30.2 Å². The normalized spacial score (nSPS) is 11.1. The van der Waals surface area contributed by atoms with Gasteiger partial charge in [0.1, 0.15) is 5.82 Å². The van der Waals surface area contributed by atoms with Gasteiger partial charge >= 0.3 is 5.92 Å². The third-order valence-electron chi connectivity index (χ3n) is 5.27. The summed E-state index contributed by atoms with van der Waals surface area (Å²) in [5.74, 6) is -7.23. The number of hydrogen-bond acceptors (Lipinski definition) is 6. The van der Waals surface area contributed by atoms with Gasteiger partial charge < -0.3 is 16.0 Å². The Bertz CT molecular complexity index is 1460. The second-order valence-corrected chi connectivity index (χ2v) is 8.06. The third-order valence-corrected chi connectivity index (χ3v) is 5.27. The van der Waals surface area contributed by atoms with Gasteiger partial charge in [-0.25, -0.2) is 14.4 Å². The highest BCUT2D eigenvalue weighted by Crippen LogP contribution is 2.36. The molecule has 0 atom stereocenters. The summed E-state index contributed by atoms with van der Waals surface area (Å²) in [6.07, 6.45) is 4.86. The van der Waals surface area contributed by atoms with Gasteiger partial charge in [-0.15, -0.1) is 0 Å². The molecule has 2 heterocycles. The van der Waals surface area contributed by atoms with Crippen molar-refractivity contribution in [2.45, 2.75) is 19.8 Å². The van der Waals surface area contributed by atoms with E-state index in [0.29, 0.717) is 17.4 Å². The summed E-state index contributed by atoms with van der Waals surface area (Å²) in [6, 6.07) is 12.2. The first-order valence-electron chi connectivity index (χ1n) is 11.0. The number of aromatic nitrogens is 3. The summed E-state index contributed by atoms with van der Waals surface area (Å²) in [7, 11) is 0. The topological polar surface area (TPSA) is 109 Å². The van der Waals surface area contributed by atoms with E-state index in [1.807, 2.05) is 6.07 Å². The number of carbonyl (C=O) groups is 2. The summed E-state index contributed by atoms with van der Waals surface area (Å²) in [6.45, 7) is 2.89. The van der Waals surface area contributed by atoms with Gasteiger partial charge in [-0.3, -0.25) is 14.6 Å². The molecule has 37 heavy (non-hydrogen) atoms. The van der Waals surface area contributed by atoms with E-state index in [9.17, 15) is 14.0 Å². The zero-order valence-electron chi connectivity index (χ0n) is 19.7. The molecule has 3 N–H and O–H groups in total. The van der Waals surface area contributed by atoms with E-state index in [1.54, 1.807) is 43.7 Å². The Balaban J connectivity index is 1.57. The average molecular weight is 506 g/mol. The van der Waals surface area contributed by atoms with Gasteiger partial charge in [-0.2, -0.15) is 8.78 Å². The molecule has 0 unspecified atom stereocenters. The zero-order chi connectivity index (χ0) is 26.6. The summed E-state index contributed by atoms with van der Waals surface area (Å²) in [5, 5.41) is 7.38. The van der Waals surface area contributed by atoms with Crippen LogP contribution in [0, 0.1) is 12.7 Å². The first-order chi connectivity index (χ1) is 17.6. The molecule has 2 amide bonds. The molecule has 0 radical (unpaired) electrons. The van der Waals surface area contributed by atoms with Crippen molar-refractivity contribution >= 4 is 34.8 Å². The van der Waals surface area contributed by atoms with Gasteiger partial charge in [0, 0.05) is 42.5 Å². The van der Waals surface area contributed by atoms with Crippen molar-refractivity contribution in [2.24, 2.45) is 0 Å². The number of hydrogen-bond donors (Lipinski definition) is 3. The van der Waals surface area contributed by atoms with Crippen LogP contribution in [0.25, 0.3) is 11.3 Å². The lowest BCUT2D eigenvalue weighted by Gasteiger charge is -2.20. The highest BCUT2D eigenvalue weighted by Gasteiger charge is 2.43. The average Bonchev–Trinajstić information content (AvgIpc) is 2.87. The van der Waals surface area contributed by atoms with Crippen LogP contribution in [0.2, 0.25) is 0 Å². The fourth-order valence-electron chi connectivity index (χ4n) is 3.46. The first kappa shape index (κ1) is 25.3. The van der Waals surface area contributed by atoms with Gasteiger partial charge in [0.15, 0.2) is 0 Å². The largest absolute Gasteiger partial charge is 0.352 e. The van der Waals surface area contributed by atoms with Crippen LogP contribution in [0.4, 0.5) is 36.2 Å². The molecule has 4 rings (SSSR count). The highest BCUT2D eigenvalue weighted by atomic mass is 19.3. The Labute approximate surface area is 210 Å². The molecule has 0 aliphatic heterocycles. The molecule has 0 saturated heterocycles. The van der Waals surface area contributed by atoms with E-state index in [4.69, 9.17) is 0 Å². The monoisotopic (exact) mass is 506 g/mol. The van der Waals surface area contributed by atoms with Gasteiger partial charge in [-0.05, 0) is 61.0 Å². The highest BCUT2D eigenvalue weighted by molar-refractivity contribution is 5.99. The van der Waals surface area contributed by atoms with Crippen LogP contribution in [0.1, 0.15) is 18.1 Å². The number of amides is 2. The lowest BCUT2D eigenvalue weighted by atomic mass is 10.0. The quantitative estimate of drug-likeness (QED) is 0.309. The molecule has 0 fully saturated rings. The molecule has 8 nitrogen and oxygen atoms in total. The Morgan fingerprint density at radius 2 is 1.76 bits per heavy atom. The van der Waals surface area contributed by atoms with Crippen LogP contribution < -0.4 is 16.0 Å². The fraction of sp³-hybridized carbons (Fsp3) is 0.115. The Kier molecular flexibility index (Phi) is 7.14. The van der Waals surface area contributed by atoms with Crippen LogP contribution >= 0.6 is 0 Å². The maximum absolute atomic E-state index is 15.1. The van der Waals surface area contributed by atoms with Gasteiger partial charge in [0.2, 0.25) is 11.9 Å². The van der Waals surface area contributed by atoms with Gasteiger partial charge in [-0.1, -0.05) is 6.07 Å². The number of anilines is 4. The molecule has 2 aromatic heterocycles. The number of halogens is 3. The summed E-state index contributed by atoms with van der Waals surface area (Å²) in [5.41, 5.74) is 1.32. The molecule has 4 aromatic rings. The Morgan fingerprint density at radius 1 is 0.946 bits per heavy atom. The van der Waals surface area contributed by atoms with E-state index in [-0.39, 0.29) is 17.3 Å². The number of aryl methyl sites for hydroxylation is 1. The number of benzene rings is 2. The van der Waals surface area contributed by atoms with Crippen molar-refractivity contribution in [3.63, 3.8) is 0 Å². The van der Waals surface area contributed by atoms with Gasteiger partial charge in [0.05, 0.1) is 16.9 Å². The molecule has 0 aliphatic carbocycles. The molecule has 11 heteroatoms. The molecule has 2 aromatic carbocycles. The third kappa shape index (κ3) is 5.89. The number of rotatable bonds is 7. The second kappa shape index (κ2) is 10.4. The van der Waals surface area contributed by atoms with E-state index >= 15 is 8.78 Å². The minimum absolute atomic E-state index is 0.0543.